The molecule has 5 fully saturated rings. The van der Waals surface area contributed by atoms with Gasteiger partial charge in [0.25, 0.3) is 0 Å². The van der Waals surface area contributed by atoms with Crippen LogP contribution in [-0.4, -0.2) is 40.8 Å². The number of amides is 1. The van der Waals surface area contributed by atoms with Crippen molar-refractivity contribution in [1.29, 1.82) is 0 Å². The first kappa shape index (κ1) is 23.7. The zero-order valence-corrected chi connectivity index (χ0v) is 20.0. The van der Waals surface area contributed by atoms with Crippen LogP contribution >= 0.6 is 0 Å². The second-order valence-electron chi connectivity index (χ2n) is 10.4. The molecule has 1 N–H and O–H groups in total. The number of nitrogens with one attached hydrogen (secondary N) is 1. The van der Waals surface area contributed by atoms with Crippen molar-refractivity contribution < 1.29 is 33.6 Å². The molecular weight excluding hydrogens is 440 g/mol. The molecule has 5 aliphatic rings. The highest BCUT2D eigenvalue weighted by atomic mass is 17.3. The van der Waals surface area contributed by atoms with Gasteiger partial charge in [-0.1, -0.05) is 19.9 Å². The minimum atomic E-state index is -0.876. The molecule has 1 aliphatic carbocycles. The lowest BCUT2D eigenvalue weighted by molar-refractivity contribution is -0.576. The lowest BCUT2D eigenvalue weighted by Crippen LogP contribution is -2.70. The van der Waals surface area contributed by atoms with Crippen molar-refractivity contribution in [2.24, 2.45) is 23.7 Å². The quantitative estimate of drug-likeness (QED) is 0.495. The van der Waals surface area contributed by atoms with Crippen molar-refractivity contribution >= 4 is 11.9 Å². The fourth-order valence-corrected chi connectivity index (χ4v) is 6.20. The second-order valence-corrected chi connectivity index (χ2v) is 10.4. The molecule has 4 saturated heterocycles. The van der Waals surface area contributed by atoms with Gasteiger partial charge in [0, 0.05) is 43.6 Å². The lowest BCUT2D eigenvalue weighted by atomic mass is 9.58. The average Bonchev–Trinajstić information content (AvgIpc) is 3.06. The number of carbonyl (C=O) groups excluding carboxylic acids is 2. The Morgan fingerprint density at radius 3 is 2.82 bits per heavy atom. The normalized spacial score (nSPS) is 40.7. The van der Waals surface area contributed by atoms with E-state index in [2.05, 4.69) is 17.2 Å². The molecule has 0 radical (unpaired) electrons. The first-order chi connectivity index (χ1) is 16.3. The summed E-state index contributed by atoms with van der Waals surface area (Å²) >= 11 is 0. The molecule has 34 heavy (non-hydrogen) atoms. The summed E-state index contributed by atoms with van der Waals surface area (Å²) in [6.45, 7) is 6.52. The summed E-state index contributed by atoms with van der Waals surface area (Å²) in [6.07, 6.45) is 5.64. The summed E-state index contributed by atoms with van der Waals surface area (Å²) in [4.78, 5) is 40.7. The molecule has 9 nitrogen and oxygen atoms in total. The number of fused-ring (bicyclic) bond motifs is 2. The van der Waals surface area contributed by atoms with E-state index in [-0.39, 0.29) is 36.5 Å². The monoisotopic (exact) mass is 474 g/mol. The Morgan fingerprint density at radius 2 is 2.03 bits per heavy atom. The van der Waals surface area contributed by atoms with Gasteiger partial charge in [-0.2, -0.15) is 0 Å². The SMILES string of the molecule is C[C@@H]1CC[C@@H]2[C@@H](C)C(OC(=O)CCC(=O)NCc3cccnc3)O[C@@H]3O[C@]4(C)CCC1[C@]32OO4. The van der Waals surface area contributed by atoms with E-state index < -0.39 is 29.9 Å². The van der Waals surface area contributed by atoms with Crippen LogP contribution in [0, 0.1) is 23.7 Å². The van der Waals surface area contributed by atoms with Crippen LogP contribution < -0.4 is 5.32 Å². The fourth-order valence-electron chi connectivity index (χ4n) is 6.20. The Bertz CT molecular complexity index is 914. The number of aromatic nitrogens is 1. The minimum Gasteiger partial charge on any atom is -0.435 e. The zero-order valence-electron chi connectivity index (χ0n) is 20.0. The highest BCUT2D eigenvalue weighted by Gasteiger charge is 2.69. The molecule has 6 rings (SSSR count). The van der Waals surface area contributed by atoms with Crippen LogP contribution in [0.15, 0.2) is 24.5 Å². The lowest BCUT2D eigenvalue weighted by Gasteiger charge is -2.59. The third-order valence-electron chi connectivity index (χ3n) is 8.11. The third kappa shape index (κ3) is 4.23. The van der Waals surface area contributed by atoms with Crippen LogP contribution in [0.4, 0.5) is 0 Å². The van der Waals surface area contributed by atoms with Crippen molar-refractivity contribution in [1.82, 2.24) is 10.3 Å². The maximum atomic E-state index is 12.6. The van der Waals surface area contributed by atoms with Crippen LogP contribution in [0.2, 0.25) is 0 Å². The number of nitrogens with zero attached hydrogens (tertiary/aromatic N) is 1. The average molecular weight is 475 g/mol. The molecule has 1 aromatic heterocycles. The Hall–Kier alpha value is -2.07. The summed E-state index contributed by atoms with van der Waals surface area (Å²) in [6, 6.07) is 3.69. The number of pyridine rings is 1. The molecule has 1 spiro atoms. The summed E-state index contributed by atoms with van der Waals surface area (Å²) < 4.78 is 18.3. The fraction of sp³-hybridized carbons (Fsp3) is 0.720. The first-order valence-corrected chi connectivity index (χ1v) is 12.4. The van der Waals surface area contributed by atoms with E-state index in [9.17, 15) is 9.59 Å². The van der Waals surface area contributed by atoms with E-state index >= 15 is 0 Å². The van der Waals surface area contributed by atoms with Crippen molar-refractivity contribution in [2.75, 3.05) is 0 Å². The van der Waals surface area contributed by atoms with E-state index in [1.807, 2.05) is 26.0 Å². The smallest absolute Gasteiger partial charge is 0.308 e. The van der Waals surface area contributed by atoms with Crippen molar-refractivity contribution in [3.05, 3.63) is 30.1 Å². The highest BCUT2D eigenvalue weighted by Crippen LogP contribution is 2.60. The van der Waals surface area contributed by atoms with E-state index in [0.29, 0.717) is 12.5 Å². The van der Waals surface area contributed by atoms with Gasteiger partial charge in [0.1, 0.15) is 0 Å². The van der Waals surface area contributed by atoms with Crippen molar-refractivity contribution in [3.8, 4) is 0 Å². The van der Waals surface area contributed by atoms with E-state index in [4.69, 9.17) is 24.0 Å². The maximum absolute atomic E-state index is 12.6. The number of carbonyl (C=O) groups is 2. The summed E-state index contributed by atoms with van der Waals surface area (Å²) in [7, 11) is 0. The van der Waals surface area contributed by atoms with Gasteiger partial charge < -0.3 is 19.5 Å². The Labute approximate surface area is 199 Å². The number of hydrogen-bond donors (Lipinski definition) is 1. The number of ether oxygens (including phenoxy) is 3. The summed E-state index contributed by atoms with van der Waals surface area (Å²) in [5, 5.41) is 2.80. The maximum Gasteiger partial charge on any atom is 0.308 e. The molecule has 186 valence electrons. The van der Waals surface area contributed by atoms with Crippen LogP contribution in [-0.2, 0) is 40.1 Å². The molecule has 8 atom stereocenters. The van der Waals surface area contributed by atoms with Gasteiger partial charge >= 0.3 is 5.97 Å². The number of rotatable bonds is 6. The Morgan fingerprint density at radius 1 is 1.18 bits per heavy atom. The molecule has 0 aromatic carbocycles. The standard InChI is InChI=1S/C25H34N2O7/c1-15-6-7-19-16(2)22(31-23-25(19)18(15)10-11-24(3,32-23)33-34-25)30-21(29)9-8-20(28)27-14-17-5-4-12-26-13-17/h4-5,12-13,15-16,18-19,22-23H,6-11,14H2,1-3H3,(H,27,28)/t15-,16-,18?,19-,22?,23-,24+,25-/m1/s1. The zero-order chi connectivity index (χ0) is 23.9. The van der Waals surface area contributed by atoms with Crippen LogP contribution in [0.3, 0.4) is 0 Å². The molecule has 1 amide bonds. The molecule has 4 aliphatic heterocycles. The first-order valence-electron chi connectivity index (χ1n) is 12.4. The predicted molar refractivity (Wildman–Crippen MR) is 118 cm³/mol. The van der Waals surface area contributed by atoms with E-state index in [0.717, 1.165) is 31.2 Å². The number of esters is 1. The second kappa shape index (κ2) is 9.18. The summed E-state index contributed by atoms with van der Waals surface area (Å²) in [5.74, 6) is -0.856. The third-order valence-corrected chi connectivity index (χ3v) is 8.11. The largest absolute Gasteiger partial charge is 0.435 e. The van der Waals surface area contributed by atoms with Gasteiger partial charge in [0.15, 0.2) is 11.9 Å². The molecular formula is C25H34N2O7. The predicted octanol–water partition coefficient (Wildman–Crippen LogP) is 3.23. The van der Waals surface area contributed by atoms with Gasteiger partial charge in [-0.05, 0) is 49.7 Å². The Balaban J connectivity index is 1.20. The van der Waals surface area contributed by atoms with Crippen molar-refractivity contribution in [2.45, 2.75) is 89.8 Å². The van der Waals surface area contributed by atoms with Gasteiger partial charge in [-0.3, -0.25) is 14.6 Å². The highest BCUT2D eigenvalue weighted by molar-refractivity contribution is 5.81. The molecule has 2 unspecified atom stereocenters. The molecule has 1 saturated carbocycles. The molecule has 1 aromatic rings. The van der Waals surface area contributed by atoms with Crippen LogP contribution in [0.25, 0.3) is 0 Å². The van der Waals surface area contributed by atoms with Gasteiger partial charge in [-0.25, -0.2) is 9.78 Å². The van der Waals surface area contributed by atoms with Crippen LogP contribution in [0.5, 0.6) is 0 Å². The summed E-state index contributed by atoms with van der Waals surface area (Å²) in [5.41, 5.74) is 0.205. The number of hydrogen-bond acceptors (Lipinski definition) is 8. The molecule has 9 heteroatoms. The topological polar surface area (TPSA) is 105 Å². The Kier molecular flexibility index (Phi) is 6.39. The molecule has 2 bridgehead atoms. The van der Waals surface area contributed by atoms with Gasteiger partial charge in [0.2, 0.25) is 18.0 Å². The van der Waals surface area contributed by atoms with Crippen LogP contribution in [0.1, 0.15) is 64.9 Å². The van der Waals surface area contributed by atoms with Crippen molar-refractivity contribution in [3.63, 3.8) is 0 Å². The molecule has 5 heterocycles. The van der Waals surface area contributed by atoms with E-state index in [1.165, 1.54) is 0 Å². The van der Waals surface area contributed by atoms with Gasteiger partial charge in [0.05, 0.1) is 6.42 Å². The van der Waals surface area contributed by atoms with Gasteiger partial charge in [-0.15, -0.1) is 0 Å². The van der Waals surface area contributed by atoms with E-state index in [1.54, 1.807) is 12.4 Å². The minimum absolute atomic E-state index is 0.0240.